The molecule has 0 unspecified atom stereocenters. The summed E-state index contributed by atoms with van der Waals surface area (Å²) in [5.41, 5.74) is 2.32. The molecule has 5 nitrogen and oxygen atoms in total. The standard InChI is InChI=1S/C12H17N5/c1-16-8-12(14-15-16)9-17-5-4-10(7-17)6-13-11-2-3-11/h4-5,7-8,11,13H,2-3,6,9H2,1H3. The lowest BCUT2D eigenvalue weighted by atomic mass is 10.3. The Kier molecular flexibility index (Phi) is 2.68. The average molecular weight is 231 g/mol. The summed E-state index contributed by atoms with van der Waals surface area (Å²) in [6.45, 7) is 1.76. The first-order valence-corrected chi connectivity index (χ1v) is 6.03. The molecule has 1 saturated carbocycles. The third-order valence-corrected chi connectivity index (χ3v) is 2.98. The van der Waals surface area contributed by atoms with Gasteiger partial charge in [-0.25, -0.2) is 0 Å². The number of nitrogens with one attached hydrogen (secondary N) is 1. The van der Waals surface area contributed by atoms with Gasteiger partial charge in [0.15, 0.2) is 0 Å². The third kappa shape index (κ3) is 2.74. The van der Waals surface area contributed by atoms with Gasteiger partial charge in [0.1, 0.15) is 5.69 Å². The van der Waals surface area contributed by atoms with Crippen molar-refractivity contribution >= 4 is 0 Å². The van der Waals surface area contributed by atoms with Crippen LogP contribution >= 0.6 is 0 Å². The van der Waals surface area contributed by atoms with Crippen LogP contribution in [0.2, 0.25) is 0 Å². The maximum atomic E-state index is 4.08. The molecule has 2 aromatic heterocycles. The van der Waals surface area contributed by atoms with Crippen LogP contribution in [0, 0.1) is 0 Å². The lowest BCUT2D eigenvalue weighted by Gasteiger charge is -2.00. The molecule has 2 heterocycles. The molecule has 0 aromatic carbocycles. The molecule has 1 N–H and O–H groups in total. The molecule has 1 aliphatic carbocycles. The topological polar surface area (TPSA) is 47.7 Å². The molecular weight excluding hydrogens is 214 g/mol. The Balaban J connectivity index is 1.59. The van der Waals surface area contributed by atoms with E-state index in [1.165, 1.54) is 18.4 Å². The largest absolute Gasteiger partial charge is 0.348 e. The van der Waals surface area contributed by atoms with Gasteiger partial charge in [-0.05, 0) is 24.5 Å². The van der Waals surface area contributed by atoms with Crippen molar-refractivity contribution in [1.82, 2.24) is 24.9 Å². The zero-order chi connectivity index (χ0) is 11.7. The van der Waals surface area contributed by atoms with Crippen molar-refractivity contribution in [3.05, 3.63) is 35.9 Å². The van der Waals surface area contributed by atoms with Gasteiger partial charge in [0.25, 0.3) is 0 Å². The predicted molar refractivity (Wildman–Crippen MR) is 64.4 cm³/mol. The molecule has 0 aliphatic heterocycles. The Bertz CT molecular complexity index is 494. The normalized spacial score (nSPS) is 15.4. The summed E-state index contributed by atoms with van der Waals surface area (Å²) < 4.78 is 3.88. The van der Waals surface area contributed by atoms with E-state index in [1.54, 1.807) is 4.68 Å². The van der Waals surface area contributed by atoms with Crippen LogP contribution in [0.3, 0.4) is 0 Å². The lowest BCUT2D eigenvalue weighted by Crippen LogP contribution is -2.14. The number of aryl methyl sites for hydroxylation is 1. The van der Waals surface area contributed by atoms with Gasteiger partial charge in [-0.2, -0.15) is 0 Å². The molecule has 0 atom stereocenters. The first kappa shape index (κ1) is 10.5. The second-order valence-corrected chi connectivity index (χ2v) is 4.73. The second-order valence-electron chi connectivity index (χ2n) is 4.73. The van der Waals surface area contributed by atoms with Crippen LogP contribution in [0.5, 0.6) is 0 Å². The Morgan fingerprint density at radius 2 is 2.29 bits per heavy atom. The highest BCUT2D eigenvalue weighted by molar-refractivity contribution is 5.12. The fourth-order valence-corrected chi connectivity index (χ4v) is 1.90. The van der Waals surface area contributed by atoms with Crippen molar-refractivity contribution < 1.29 is 0 Å². The summed E-state index contributed by atoms with van der Waals surface area (Å²) in [5.74, 6) is 0. The summed E-state index contributed by atoms with van der Waals surface area (Å²) >= 11 is 0. The Morgan fingerprint density at radius 1 is 1.41 bits per heavy atom. The fourth-order valence-electron chi connectivity index (χ4n) is 1.90. The zero-order valence-electron chi connectivity index (χ0n) is 10.0. The van der Waals surface area contributed by atoms with Gasteiger partial charge >= 0.3 is 0 Å². The first-order chi connectivity index (χ1) is 8.29. The first-order valence-electron chi connectivity index (χ1n) is 6.03. The minimum atomic E-state index is 0.762. The minimum absolute atomic E-state index is 0.762. The summed E-state index contributed by atoms with van der Waals surface area (Å²) in [4.78, 5) is 0. The molecule has 5 heteroatoms. The van der Waals surface area contributed by atoms with Crippen LogP contribution in [0.1, 0.15) is 24.1 Å². The van der Waals surface area contributed by atoms with Crippen molar-refractivity contribution in [3.63, 3.8) is 0 Å². The minimum Gasteiger partial charge on any atom is -0.348 e. The number of hydrogen-bond acceptors (Lipinski definition) is 3. The van der Waals surface area contributed by atoms with E-state index >= 15 is 0 Å². The van der Waals surface area contributed by atoms with Gasteiger partial charge in [-0.15, -0.1) is 5.10 Å². The Hall–Kier alpha value is -1.62. The molecule has 0 bridgehead atoms. The number of aromatic nitrogens is 4. The maximum absolute atomic E-state index is 4.08. The average Bonchev–Trinajstić information content (AvgIpc) is 2.90. The Labute approximate surface area is 100 Å². The molecule has 0 radical (unpaired) electrons. The molecule has 0 amide bonds. The molecule has 2 aromatic rings. The number of hydrogen-bond donors (Lipinski definition) is 1. The van der Waals surface area contributed by atoms with Crippen LogP contribution in [0.25, 0.3) is 0 Å². The van der Waals surface area contributed by atoms with Gasteiger partial charge < -0.3 is 9.88 Å². The number of nitrogens with zero attached hydrogens (tertiary/aromatic N) is 4. The van der Waals surface area contributed by atoms with Gasteiger partial charge in [0.05, 0.1) is 6.54 Å². The van der Waals surface area contributed by atoms with E-state index in [9.17, 15) is 0 Å². The molecular formula is C12H17N5. The highest BCUT2D eigenvalue weighted by atomic mass is 15.4. The van der Waals surface area contributed by atoms with Crippen molar-refractivity contribution in [2.45, 2.75) is 32.0 Å². The highest BCUT2D eigenvalue weighted by Gasteiger charge is 2.19. The smallest absolute Gasteiger partial charge is 0.102 e. The van der Waals surface area contributed by atoms with Crippen LogP contribution in [0.15, 0.2) is 24.7 Å². The third-order valence-electron chi connectivity index (χ3n) is 2.98. The quantitative estimate of drug-likeness (QED) is 0.832. The molecule has 0 saturated heterocycles. The summed E-state index contributed by atoms with van der Waals surface area (Å²) in [5, 5.41) is 11.5. The van der Waals surface area contributed by atoms with Crippen molar-refractivity contribution in [3.8, 4) is 0 Å². The van der Waals surface area contributed by atoms with Crippen LogP contribution in [-0.2, 0) is 20.1 Å². The monoisotopic (exact) mass is 231 g/mol. The lowest BCUT2D eigenvalue weighted by molar-refractivity contribution is 0.683. The van der Waals surface area contributed by atoms with Crippen molar-refractivity contribution in [1.29, 1.82) is 0 Å². The van der Waals surface area contributed by atoms with E-state index in [4.69, 9.17) is 0 Å². The molecule has 3 rings (SSSR count). The van der Waals surface area contributed by atoms with Gasteiger partial charge in [-0.3, -0.25) is 4.68 Å². The summed E-state index contributed by atoms with van der Waals surface area (Å²) in [6, 6.07) is 2.92. The molecule has 0 spiro atoms. The second kappa shape index (κ2) is 4.33. The van der Waals surface area contributed by atoms with E-state index < -0.39 is 0 Å². The van der Waals surface area contributed by atoms with Crippen molar-refractivity contribution in [2.24, 2.45) is 7.05 Å². The van der Waals surface area contributed by atoms with Gasteiger partial charge in [-0.1, -0.05) is 5.21 Å². The summed E-state index contributed by atoms with van der Waals surface area (Å²) in [6.07, 6.45) is 8.88. The van der Waals surface area contributed by atoms with E-state index in [0.29, 0.717) is 0 Å². The molecule has 1 aliphatic rings. The highest BCUT2D eigenvalue weighted by Crippen LogP contribution is 2.19. The number of rotatable bonds is 5. The summed E-state index contributed by atoms with van der Waals surface area (Å²) in [7, 11) is 1.89. The van der Waals surface area contributed by atoms with E-state index in [1.807, 2.05) is 13.2 Å². The van der Waals surface area contributed by atoms with Crippen LogP contribution in [0.4, 0.5) is 0 Å². The van der Waals surface area contributed by atoms with E-state index in [2.05, 4.69) is 38.7 Å². The van der Waals surface area contributed by atoms with E-state index in [0.717, 1.165) is 24.8 Å². The molecule has 17 heavy (non-hydrogen) atoms. The van der Waals surface area contributed by atoms with Crippen molar-refractivity contribution in [2.75, 3.05) is 0 Å². The zero-order valence-corrected chi connectivity index (χ0v) is 10.0. The molecule has 1 fully saturated rings. The molecule has 90 valence electrons. The maximum Gasteiger partial charge on any atom is 0.102 e. The van der Waals surface area contributed by atoms with Crippen LogP contribution in [-0.4, -0.2) is 25.6 Å². The Morgan fingerprint density at radius 3 is 3.00 bits per heavy atom. The van der Waals surface area contributed by atoms with E-state index in [-0.39, 0.29) is 0 Å². The fraction of sp³-hybridized carbons (Fsp3) is 0.500. The van der Waals surface area contributed by atoms with Gasteiger partial charge in [0.2, 0.25) is 0 Å². The van der Waals surface area contributed by atoms with Crippen LogP contribution < -0.4 is 5.32 Å². The van der Waals surface area contributed by atoms with Gasteiger partial charge in [0, 0.05) is 38.2 Å². The predicted octanol–water partition coefficient (Wildman–Crippen LogP) is 0.917. The SMILES string of the molecule is Cn1cc(Cn2ccc(CNC3CC3)c2)nn1.